The molecule has 2 aliphatic rings. The van der Waals surface area contributed by atoms with E-state index in [4.69, 9.17) is 0 Å². The van der Waals surface area contributed by atoms with Gasteiger partial charge in [-0.15, -0.1) is 12.4 Å². The molecule has 0 saturated carbocycles. The third-order valence-electron chi connectivity index (χ3n) is 3.96. The minimum Gasteiger partial charge on any atom is -0.316 e. The SMILES string of the molecule is Cc1cccnc1CN1C[C@H]2CNC[C@H]2C1.Cl. The fourth-order valence-corrected chi connectivity index (χ4v) is 2.98. The van der Waals surface area contributed by atoms with Crippen molar-refractivity contribution in [2.24, 2.45) is 11.8 Å². The Labute approximate surface area is 109 Å². The quantitative estimate of drug-likeness (QED) is 0.865. The highest BCUT2D eigenvalue weighted by Crippen LogP contribution is 2.27. The van der Waals surface area contributed by atoms with Crippen molar-refractivity contribution >= 4 is 12.4 Å². The average Bonchev–Trinajstić information content (AvgIpc) is 2.81. The molecule has 3 nitrogen and oxygen atoms in total. The van der Waals surface area contributed by atoms with Gasteiger partial charge < -0.3 is 5.32 Å². The van der Waals surface area contributed by atoms with Crippen LogP contribution in [0.25, 0.3) is 0 Å². The molecule has 0 amide bonds. The number of likely N-dealkylation sites (tertiary alicyclic amines) is 1. The van der Waals surface area contributed by atoms with Gasteiger partial charge in [0, 0.05) is 25.8 Å². The number of fused-ring (bicyclic) bond motifs is 1. The van der Waals surface area contributed by atoms with Crippen molar-refractivity contribution in [1.29, 1.82) is 0 Å². The van der Waals surface area contributed by atoms with Crippen LogP contribution in [0.2, 0.25) is 0 Å². The molecule has 4 heteroatoms. The predicted octanol–water partition coefficient (Wildman–Crippen LogP) is 1.46. The van der Waals surface area contributed by atoms with E-state index in [9.17, 15) is 0 Å². The van der Waals surface area contributed by atoms with Gasteiger partial charge in [0.2, 0.25) is 0 Å². The molecule has 94 valence electrons. The molecule has 0 aliphatic carbocycles. The summed E-state index contributed by atoms with van der Waals surface area (Å²) in [5.74, 6) is 1.76. The Hall–Kier alpha value is -0.640. The summed E-state index contributed by atoms with van der Waals surface area (Å²) in [6.45, 7) is 8.09. The summed E-state index contributed by atoms with van der Waals surface area (Å²) in [6.07, 6.45) is 1.90. The summed E-state index contributed by atoms with van der Waals surface area (Å²) in [5, 5.41) is 3.48. The molecule has 0 radical (unpaired) electrons. The summed E-state index contributed by atoms with van der Waals surface area (Å²) in [6, 6.07) is 4.17. The van der Waals surface area contributed by atoms with Crippen LogP contribution in [0.4, 0.5) is 0 Å². The van der Waals surface area contributed by atoms with Gasteiger partial charge in [-0.1, -0.05) is 6.07 Å². The van der Waals surface area contributed by atoms with Crippen LogP contribution in [-0.2, 0) is 6.54 Å². The van der Waals surface area contributed by atoms with Gasteiger partial charge in [0.25, 0.3) is 0 Å². The first-order valence-electron chi connectivity index (χ1n) is 6.16. The van der Waals surface area contributed by atoms with Crippen molar-refractivity contribution in [3.05, 3.63) is 29.6 Å². The van der Waals surface area contributed by atoms with Crippen molar-refractivity contribution in [1.82, 2.24) is 15.2 Å². The molecular formula is C13H20ClN3. The van der Waals surface area contributed by atoms with Gasteiger partial charge in [0.1, 0.15) is 0 Å². The summed E-state index contributed by atoms with van der Waals surface area (Å²) in [5.41, 5.74) is 2.56. The van der Waals surface area contributed by atoms with E-state index in [0.717, 1.165) is 18.4 Å². The molecule has 2 atom stereocenters. The molecule has 1 aromatic heterocycles. The van der Waals surface area contributed by atoms with Crippen LogP contribution >= 0.6 is 12.4 Å². The van der Waals surface area contributed by atoms with Gasteiger partial charge in [0.15, 0.2) is 0 Å². The first-order valence-corrected chi connectivity index (χ1v) is 6.16. The van der Waals surface area contributed by atoms with Crippen molar-refractivity contribution in [3.63, 3.8) is 0 Å². The number of hydrogen-bond donors (Lipinski definition) is 1. The molecule has 1 N–H and O–H groups in total. The van der Waals surface area contributed by atoms with Crippen molar-refractivity contribution < 1.29 is 0 Å². The maximum absolute atomic E-state index is 4.48. The van der Waals surface area contributed by atoms with Crippen LogP contribution in [-0.4, -0.2) is 36.1 Å². The number of rotatable bonds is 2. The number of hydrogen-bond acceptors (Lipinski definition) is 3. The number of halogens is 1. The third kappa shape index (κ3) is 2.62. The topological polar surface area (TPSA) is 28.2 Å². The standard InChI is InChI=1S/C13H19N3.ClH/c1-10-3-2-4-15-13(10)9-16-7-11-5-14-6-12(11)8-16;/h2-4,11-12,14H,5-9H2,1H3;1H/t11-,12+;. The summed E-state index contributed by atoms with van der Waals surface area (Å²) in [4.78, 5) is 7.04. The van der Waals surface area contributed by atoms with Crippen LogP contribution in [0.5, 0.6) is 0 Å². The lowest BCUT2D eigenvalue weighted by atomic mass is 10.0. The van der Waals surface area contributed by atoms with Crippen molar-refractivity contribution in [3.8, 4) is 0 Å². The normalized spacial score (nSPS) is 27.8. The fraction of sp³-hybridized carbons (Fsp3) is 0.615. The first-order chi connectivity index (χ1) is 7.83. The molecule has 2 aliphatic heterocycles. The van der Waals surface area contributed by atoms with Crippen LogP contribution in [0, 0.1) is 18.8 Å². The number of aryl methyl sites for hydroxylation is 1. The Morgan fingerprint density at radius 3 is 2.71 bits per heavy atom. The highest BCUT2D eigenvalue weighted by Gasteiger charge is 2.35. The largest absolute Gasteiger partial charge is 0.316 e. The minimum absolute atomic E-state index is 0. The Morgan fingerprint density at radius 1 is 1.35 bits per heavy atom. The van der Waals surface area contributed by atoms with Crippen molar-refractivity contribution in [2.75, 3.05) is 26.2 Å². The summed E-state index contributed by atoms with van der Waals surface area (Å²) in [7, 11) is 0. The second-order valence-electron chi connectivity index (χ2n) is 5.14. The summed E-state index contributed by atoms with van der Waals surface area (Å²) >= 11 is 0. The lowest BCUT2D eigenvalue weighted by Crippen LogP contribution is -2.26. The van der Waals surface area contributed by atoms with Gasteiger partial charge in [-0.05, 0) is 43.5 Å². The molecule has 17 heavy (non-hydrogen) atoms. The van der Waals surface area contributed by atoms with Gasteiger partial charge in [-0.2, -0.15) is 0 Å². The predicted molar refractivity (Wildman–Crippen MR) is 71.3 cm³/mol. The maximum atomic E-state index is 4.48. The second-order valence-corrected chi connectivity index (χ2v) is 5.14. The molecule has 0 bridgehead atoms. The van der Waals surface area contributed by atoms with E-state index in [1.807, 2.05) is 12.3 Å². The van der Waals surface area contributed by atoms with E-state index in [1.54, 1.807) is 0 Å². The Bertz CT molecular complexity index is 371. The number of nitrogens with zero attached hydrogens (tertiary/aromatic N) is 2. The number of nitrogens with one attached hydrogen (secondary N) is 1. The molecule has 1 aromatic rings. The van der Waals surface area contributed by atoms with Crippen LogP contribution in [0.1, 0.15) is 11.3 Å². The van der Waals surface area contributed by atoms with E-state index in [-0.39, 0.29) is 12.4 Å². The van der Waals surface area contributed by atoms with Crippen LogP contribution in [0.3, 0.4) is 0 Å². The molecular weight excluding hydrogens is 234 g/mol. The average molecular weight is 254 g/mol. The first kappa shape index (κ1) is 12.8. The fourth-order valence-electron chi connectivity index (χ4n) is 2.98. The molecule has 0 unspecified atom stereocenters. The van der Waals surface area contributed by atoms with E-state index < -0.39 is 0 Å². The molecule has 3 heterocycles. The third-order valence-corrected chi connectivity index (χ3v) is 3.96. The van der Waals surface area contributed by atoms with E-state index in [1.165, 1.54) is 37.4 Å². The number of pyridine rings is 1. The Morgan fingerprint density at radius 2 is 2.06 bits per heavy atom. The number of aromatic nitrogens is 1. The molecule has 0 spiro atoms. The van der Waals surface area contributed by atoms with Crippen LogP contribution in [0.15, 0.2) is 18.3 Å². The zero-order valence-electron chi connectivity index (χ0n) is 10.2. The second kappa shape index (κ2) is 5.34. The Balaban J connectivity index is 0.00000108. The van der Waals surface area contributed by atoms with Crippen molar-refractivity contribution in [2.45, 2.75) is 13.5 Å². The van der Waals surface area contributed by atoms with Gasteiger partial charge in [-0.3, -0.25) is 9.88 Å². The zero-order chi connectivity index (χ0) is 11.0. The molecule has 2 fully saturated rings. The minimum atomic E-state index is 0. The highest BCUT2D eigenvalue weighted by atomic mass is 35.5. The monoisotopic (exact) mass is 253 g/mol. The lowest BCUT2D eigenvalue weighted by molar-refractivity contribution is 0.301. The van der Waals surface area contributed by atoms with E-state index in [2.05, 4.69) is 28.2 Å². The van der Waals surface area contributed by atoms with E-state index in [0.29, 0.717) is 0 Å². The molecule has 0 aromatic carbocycles. The smallest absolute Gasteiger partial charge is 0.0573 e. The van der Waals surface area contributed by atoms with Crippen LogP contribution < -0.4 is 5.32 Å². The molecule has 2 saturated heterocycles. The lowest BCUT2D eigenvalue weighted by Gasteiger charge is -2.17. The Kier molecular flexibility index (Phi) is 4.02. The van der Waals surface area contributed by atoms with E-state index >= 15 is 0 Å². The van der Waals surface area contributed by atoms with Gasteiger partial charge >= 0.3 is 0 Å². The highest BCUT2D eigenvalue weighted by molar-refractivity contribution is 5.85. The molecule has 3 rings (SSSR count). The summed E-state index contributed by atoms with van der Waals surface area (Å²) < 4.78 is 0. The zero-order valence-corrected chi connectivity index (χ0v) is 11.0. The van der Waals surface area contributed by atoms with Gasteiger partial charge in [-0.25, -0.2) is 0 Å². The van der Waals surface area contributed by atoms with Gasteiger partial charge in [0.05, 0.1) is 5.69 Å². The maximum Gasteiger partial charge on any atom is 0.0573 e.